The molecule has 136 valence electrons. The van der Waals surface area contributed by atoms with Crippen LogP contribution in [-0.2, 0) is 26.6 Å². The molecular formula is C19H29N5O. The van der Waals surface area contributed by atoms with Gasteiger partial charge < -0.3 is 14.4 Å². The second-order valence-corrected chi connectivity index (χ2v) is 7.71. The van der Waals surface area contributed by atoms with Gasteiger partial charge in [0.2, 0.25) is 0 Å². The smallest absolute Gasteiger partial charge is 0.138 e. The maximum Gasteiger partial charge on any atom is 0.138 e. The zero-order chi connectivity index (χ0) is 17.4. The van der Waals surface area contributed by atoms with E-state index in [2.05, 4.69) is 38.9 Å². The van der Waals surface area contributed by atoms with E-state index in [1.165, 1.54) is 24.8 Å². The Morgan fingerprint density at radius 3 is 2.84 bits per heavy atom. The van der Waals surface area contributed by atoms with Crippen LogP contribution in [-0.4, -0.2) is 38.7 Å². The normalized spacial score (nSPS) is 22.0. The summed E-state index contributed by atoms with van der Waals surface area (Å²) in [7, 11) is 2.08. The highest BCUT2D eigenvalue weighted by Gasteiger charge is 2.56. The fraction of sp³-hybridized carbons (Fsp3) is 0.684. The number of hydrogen-bond donors (Lipinski definition) is 1. The molecule has 2 aromatic heterocycles. The molecule has 6 nitrogen and oxygen atoms in total. The lowest BCUT2D eigenvalue weighted by Crippen LogP contribution is -2.36. The van der Waals surface area contributed by atoms with Crippen LogP contribution in [0, 0.1) is 12.3 Å². The van der Waals surface area contributed by atoms with Crippen molar-refractivity contribution in [3.05, 3.63) is 35.2 Å². The molecule has 6 heteroatoms. The van der Waals surface area contributed by atoms with Gasteiger partial charge in [0.1, 0.15) is 11.6 Å². The Hall–Kier alpha value is -1.66. The number of hydrogen-bond acceptors (Lipinski definition) is 5. The molecule has 1 atom stereocenters. The van der Waals surface area contributed by atoms with Gasteiger partial charge in [0, 0.05) is 37.6 Å². The summed E-state index contributed by atoms with van der Waals surface area (Å²) in [6.45, 7) is 8.28. The molecule has 25 heavy (non-hydrogen) atoms. The van der Waals surface area contributed by atoms with Crippen LogP contribution in [0.2, 0.25) is 0 Å². The summed E-state index contributed by atoms with van der Waals surface area (Å²) in [5, 5.41) is 7.76. The van der Waals surface area contributed by atoms with E-state index in [9.17, 15) is 0 Å². The number of rotatable bonds is 6. The van der Waals surface area contributed by atoms with Crippen molar-refractivity contribution in [2.45, 2.75) is 58.7 Å². The standard InChI is InChI=1S/C19H29N5O/c1-4-16-15(14(2)25-22-16)12-24(13-18-21-9-10-23(18)3)17-11-19(17)5-7-20-8-6-19/h9-10,17,20H,4-8,11-13H2,1-3H3. The summed E-state index contributed by atoms with van der Waals surface area (Å²) in [5.41, 5.74) is 2.88. The van der Waals surface area contributed by atoms with Gasteiger partial charge in [0.15, 0.2) is 0 Å². The Morgan fingerprint density at radius 2 is 2.16 bits per heavy atom. The van der Waals surface area contributed by atoms with E-state index in [1.807, 2.05) is 19.3 Å². The molecule has 4 rings (SSSR count). The van der Waals surface area contributed by atoms with Crippen molar-refractivity contribution >= 4 is 0 Å². The van der Waals surface area contributed by atoms with Crippen molar-refractivity contribution < 1.29 is 4.52 Å². The van der Waals surface area contributed by atoms with Crippen LogP contribution in [0.5, 0.6) is 0 Å². The highest BCUT2D eigenvalue weighted by atomic mass is 16.5. The van der Waals surface area contributed by atoms with E-state index in [4.69, 9.17) is 4.52 Å². The molecule has 0 bridgehead atoms. The van der Waals surface area contributed by atoms with Gasteiger partial charge in [-0.2, -0.15) is 0 Å². The largest absolute Gasteiger partial charge is 0.361 e. The first-order valence-corrected chi connectivity index (χ1v) is 9.48. The number of piperidine rings is 1. The first-order chi connectivity index (χ1) is 12.1. The van der Waals surface area contributed by atoms with Crippen molar-refractivity contribution in [1.29, 1.82) is 0 Å². The maximum atomic E-state index is 5.48. The lowest BCUT2D eigenvalue weighted by Gasteiger charge is -2.29. The second-order valence-electron chi connectivity index (χ2n) is 7.71. The average Bonchev–Trinajstić information content (AvgIpc) is 2.95. The highest BCUT2D eigenvalue weighted by molar-refractivity contribution is 5.23. The highest BCUT2D eigenvalue weighted by Crippen LogP contribution is 2.56. The molecule has 1 aliphatic heterocycles. The first kappa shape index (κ1) is 16.8. The van der Waals surface area contributed by atoms with Gasteiger partial charge in [-0.15, -0.1) is 0 Å². The SMILES string of the molecule is CCc1noc(C)c1CN(Cc1nccn1C)C1CC12CCNCC2. The second kappa shape index (κ2) is 6.57. The number of aryl methyl sites for hydroxylation is 3. The molecule has 1 saturated heterocycles. The molecular weight excluding hydrogens is 314 g/mol. The Labute approximate surface area is 149 Å². The molecule has 0 radical (unpaired) electrons. The van der Waals surface area contributed by atoms with E-state index < -0.39 is 0 Å². The molecule has 1 unspecified atom stereocenters. The Kier molecular flexibility index (Phi) is 4.41. The van der Waals surface area contributed by atoms with Crippen LogP contribution < -0.4 is 5.32 Å². The van der Waals surface area contributed by atoms with Gasteiger partial charge in [-0.1, -0.05) is 12.1 Å². The fourth-order valence-corrected chi connectivity index (χ4v) is 4.43. The van der Waals surface area contributed by atoms with Crippen molar-refractivity contribution in [3.8, 4) is 0 Å². The predicted molar refractivity (Wildman–Crippen MR) is 96.0 cm³/mol. The Morgan fingerprint density at radius 1 is 1.36 bits per heavy atom. The summed E-state index contributed by atoms with van der Waals surface area (Å²) in [4.78, 5) is 7.18. The number of imidazole rings is 1. The number of nitrogens with zero attached hydrogens (tertiary/aromatic N) is 4. The zero-order valence-electron chi connectivity index (χ0n) is 15.6. The van der Waals surface area contributed by atoms with Gasteiger partial charge in [0.25, 0.3) is 0 Å². The number of nitrogens with one attached hydrogen (secondary N) is 1. The van der Waals surface area contributed by atoms with Crippen LogP contribution >= 0.6 is 0 Å². The van der Waals surface area contributed by atoms with Crippen molar-refractivity contribution in [2.24, 2.45) is 12.5 Å². The fourth-order valence-electron chi connectivity index (χ4n) is 4.43. The van der Waals surface area contributed by atoms with Crippen molar-refractivity contribution in [3.63, 3.8) is 0 Å². The minimum absolute atomic E-state index is 0.508. The summed E-state index contributed by atoms with van der Waals surface area (Å²) in [6.07, 6.45) is 8.73. The van der Waals surface area contributed by atoms with Gasteiger partial charge in [0.05, 0.1) is 12.2 Å². The molecule has 2 aliphatic rings. The average molecular weight is 343 g/mol. The molecule has 1 N–H and O–H groups in total. The summed E-state index contributed by atoms with van der Waals surface area (Å²) in [5.74, 6) is 2.09. The lowest BCUT2D eigenvalue weighted by atomic mass is 9.93. The summed E-state index contributed by atoms with van der Waals surface area (Å²) < 4.78 is 7.61. The zero-order valence-corrected chi connectivity index (χ0v) is 15.6. The van der Waals surface area contributed by atoms with E-state index >= 15 is 0 Å². The van der Waals surface area contributed by atoms with Gasteiger partial charge in [-0.05, 0) is 51.1 Å². The minimum atomic E-state index is 0.508. The molecule has 3 heterocycles. The van der Waals surface area contributed by atoms with Crippen molar-refractivity contribution in [1.82, 2.24) is 24.9 Å². The third-order valence-corrected chi connectivity index (χ3v) is 6.21. The van der Waals surface area contributed by atoms with E-state index in [0.717, 1.165) is 49.9 Å². The molecule has 2 aromatic rings. The van der Waals surface area contributed by atoms with Gasteiger partial charge in [-0.3, -0.25) is 4.90 Å². The predicted octanol–water partition coefficient (Wildman–Crippen LogP) is 2.42. The van der Waals surface area contributed by atoms with E-state index in [1.54, 1.807) is 0 Å². The molecule has 0 amide bonds. The molecule has 1 aliphatic carbocycles. The molecule has 0 aromatic carbocycles. The van der Waals surface area contributed by atoms with Crippen LogP contribution in [0.15, 0.2) is 16.9 Å². The number of aromatic nitrogens is 3. The lowest BCUT2D eigenvalue weighted by molar-refractivity contribution is 0.181. The maximum absolute atomic E-state index is 5.48. The summed E-state index contributed by atoms with van der Waals surface area (Å²) in [6, 6.07) is 0.644. The topological polar surface area (TPSA) is 59.1 Å². The third kappa shape index (κ3) is 3.13. The van der Waals surface area contributed by atoms with E-state index in [0.29, 0.717) is 11.5 Å². The Bertz CT molecular complexity index is 728. The summed E-state index contributed by atoms with van der Waals surface area (Å²) >= 11 is 0. The molecule has 2 fully saturated rings. The quantitative estimate of drug-likeness (QED) is 0.873. The van der Waals surface area contributed by atoms with Crippen LogP contribution in [0.1, 0.15) is 49.0 Å². The molecule has 1 spiro atoms. The van der Waals surface area contributed by atoms with Crippen molar-refractivity contribution in [2.75, 3.05) is 13.1 Å². The van der Waals surface area contributed by atoms with Gasteiger partial charge in [-0.25, -0.2) is 4.98 Å². The van der Waals surface area contributed by atoms with Crippen LogP contribution in [0.4, 0.5) is 0 Å². The third-order valence-electron chi connectivity index (χ3n) is 6.21. The first-order valence-electron chi connectivity index (χ1n) is 9.48. The van der Waals surface area contributed by atoms with E-state index in [-0.39, 0.29) is 0 Å². The van der Waals surface area contributed by atoms with Gasteiger partial charge >= 0.3 is 0 Å². The Balaban J connectivity index is 1.58. The van der Waals surface area contributed by atoms with Crippen LogP contribution in [0.25, 0.3) is 0 Å². The molecule has 1 saturated carbocycles. The monoisotopic (exact) mass is 343 g/mol. The minimum Gasteiger partial charge on any atom is -0.361 e. The van der Waals surface area contributed by atoms with Crippen LogP contribution in [0.3, 0.4) is 0 Å².